The molecule has 0 saturated carbocycles. The Morgan fingerprint density at radius 1 is 0.750 bits per heavy atom. The summed E-state index contributed by atoms with van der Waals surface area (Å²) in [5.41, 5.74) is 4.47. The zero-order chi connectivity index (χ0) is 21.6. The lowest BCUT2D eigenvalue weighted by atomic mass is 9.81. The molecule has 4 atom stereocenters. The molecule has 0 aliphatic carbocycles. The van der Waals surface area contributed by atoms with Crippen molar-refractivity contribution >= 4 is 0 Å². The van der Waals surface area contributed by atoms with Crippen LogP contribution in [-0.2, 0) is 6.54 Å². The molecule has 4 unspecified atom stereocenters. The Balaban J connectivity index is 1.31. The summed E-state index contributed by atoms with van der Waals surface area (Å²) in [6.07, 6.45) is 5.12. The van der Waals surface area contributed by atoms with E-state index in [1.807, 2.05) is 0 Å². The molecule has 2 fully saturated rings. The number of hydrogen-bond acceptors (Lipinski definition) is 2. The van der Waals surface area contributed by atoms with Gasteiger partial charge in [-0.2, -0.15) is 0 Å². The van der Waals surface area contributed by atoms with E-state index in [1.54, 1.807) is 0 Å². The SMILES string of the molecule is c1ccc(CN2CC(CC3CC(c4ccccc4)CCCN3)C(c3ccccc3)C2)cc1. The van der Waals surface area contributed by atoms with Crippen molar-refractivity contribution < 1.29 is 0 Å². The van der Waals surface area contributed by atoms with Gasteiger partial charge in [0.05, 0.1) is 0 Å². The molecule has 1 N–H and O–H groups in total. The van der Waals surface area contributed by atoms with Gasteiger partial charge in [0.25, 0.3) is 0 Å². The molecule has 2 aliphatic heterocycles. The van der Waals surface area contributed by atoms with E-state index in [2.05, 4.69) is 101 Å². The zero-order valence-corrected chi connectivity index (χ0v) is 19.1. The van der Waals surface area contributed by atoms with E-state index < -0.39 is 0 Å². The van der Waals surface area contributed by atoms with Crippen LogP contribution in [0.5, 0.6) is 0 Å². The number of nitrogens with zero attached hydrogens (tertiary/aromatic N) is 1. The van der Waals surface area contributed by atoms with Gasteiger partial charge in [0, 0.05) is 31.6 Å². The summed E-state index contributed by atoms with van der Waals surface area (Å²) in [5.74, 6) is 2.02. The molecule has 166 valence electrons. The lowest BCUT2D eigenvalue weighted by Gasteiger charge is -2.26. The first-order valence-corrected chi connectivity index (χ1v) is 12.4. The van der Waals surface area contributed by atoms with Gasteiger partial charge < -0.3 is 5.32 Å². The third kappa shape index (κ3) is 5.31. The molecule has 3 aromatic rings. The van der Waals surface area contributed by atoms with Gasteiger partial charge in [-0.25, -0.2) is 0 Å². The summed E-state index contributed by atoms with van der Waals surface area (Å²) in [7, 11) is 0. The lowest BCUT2D eigenvalue weighted by molar-refractivity contribution is 0.300. The molecule has 2 saturated heterocycles. The molecule has 5 rings (SSSR count). The van der Waals surface area contributed by atoms with Crippen LogP contribution in [0.2, 0.25) is 0 Å². The summed E-state index contributed by atoms with van der Waals surface area (Å²) < 4.78 is 0. The van der Waals surface area contributed by atoms with Crippen LogP contribution in [0.4, 0.5) is 0 Å². The number of likely N-dealkylation sites (tertiary alicyclic amines) is 1. The molecule has 0 spiro atoms. The topological polar surface area (TPSA) is 15.3 Å². The van der Waals surface area contributed by atoms with Gasteiger partial charge in [0.1, 0.15) is 0 Å². The molecular formula is C30H36N2. The quantitative estimate of drug-likeness (QED) is 0.505. The maximum atomic E-state index is 3.93. The largest absolute Gasteiger partial charge is 0.314 e. The van der Waals surface area contributed by atoms with E-state index in [4.69, 9.17) is 0 Å². The smallest absolute Gasteiger partial charge is 0.0234 e. The fourth-order valence-corrected chi connectivity index (χ4v) is 6.02. The highest BCUT2D eigenvalue weighted by Crippen LogP contribution is 2.38. The Hall–Kier alpha value is -2.42. The summed E-state index contributed by atoms with van der Waals surface area (Å²) in [4.78, 5) is 2.68. The van der Waals surface area contributed by atoms with E-state index in [9.17, 15) is 0 Å². The molecule has 2 aliphatic rings. The van der Waals surface area contributed by atoms with Gasteiger partial charge in [-0.05, 0) is 60.8 Å². The van der Waals surface area contributed by atoms with Crippen molar-refractivity contribution in [2.45, 2.75) is 50.1 Å². The third-order valence-electron chi connectivity index (χ3n) is 7.58. The van der Waals surface area contributed by atoms with Gasteiger partial charge in [-0.15, -0.1) is 0 Å². The van der Waals surface area contributed by atoms with Crippen LogP contribution in [0.3, 0.4) is 0 Å². The fraction of sp³-hybridized carbons (Fsp3) is 0.400. The summed E-state index contributed by atoms with van der Waals surface area (Å²) in [5, 5.41) is 3.93. The van der Waals surface area contributed by atoms with Crippen LogP contribution in [0, 0.1) is 5.92 Å². The highest BCUT2D eigenvalue weighted by molar-refractivity contribution is 5.24. The van der Waals surface area contributed by atoms with Crippen LogP contribution in [-0.4, -0.2) is 30.6 Å². The number of hydrogen-bond donors (Lipinski definition) is 1. The standard InChI is InChI=1S/C30H36N2/c1-4-11-24(12-5-1)21-32-22-28(30(23-32)26-15-8-3-9-16-26)20-29-19-27(17-10-18-31-29)25-13-6-2-7-14-25/h1-9,11-16,27-31H,10,17-23H2. The Labute approximate surface area is 193 Å². The zero-order valence-electron chi connectivity index (χ0n) is 19.1. The Morgan fingerprint density at radius 2 is 1.41 bits per heavy atom. The average Bonchev–Trinajstić information content (AvgIpc) is 3.08. The van der Waals surface area contributed by atoms with Crippen molar-refractivity contribution in [2.75, 3.05) is 19.6 Å². The Bertz CT molecular complexity index is 940. The van der Waals surface area contributed by atoms with Crippen LogP contribution in [0.1, 0.15) is 54.2 Å². The van der Waals surface area contributed by atoms with Gasteiger partial charge in [-0.3, -0.25) is 4.90 Å². The number of nitrogens with one attached hydrogen (secondary N) is 1. The van der Waals surface area contributed by atoms with Crippen LogP contribution in [0.25, 0.3) is 0 Å². The normalized spacial score (nSPS) is 26.6. The fourth-order valence-electron chi connectivity index (χ4n) is 6.02. The molecular weight excluding hydrogens is 388 g/mol. The highest BCUT2D eigenvalue weighted by atomic mass is 15.2. The number of benzene rings is 3. The second kappa shape index (κ2) is 10.5. The predicted octanol–water partition coefficient (Wildman–Crippen LogP) is 6.22. The second-order valence-electron chi connectivity index (χ2n) is 9.83. The second-order valence-corrected chi connectivity index (χ2v) is 9.83. The van der Waals surface area contributed by atoms with Crippen LogP contribution in [0.15, 0.2) is 91.0 Å². The van der Waals surface area contributed by atoms with Gasteiger partial charge in [-0.1, -0.05) is 91.0 Å². The van der Waals surface area contributed by atoms with Gasteiger partial charge >= 0.3 is 0 Å². The first kappa shape index (κ1) is 21.4. The monoisotopic (exact) mass is 424 g/mol. The first-order chi connectivity index (χ1) is 15.8. The molecule has 0 amide bonds. The maximum absolute atomic E-state index is 3.93. The van der Waals surface area contributed by atoms with E-state index in [1.165, 1.54) is 55.5 Å². The average molecular weight is 425 g/mol. The highest BCUT2D eigenvalue weighted by Gasteiger charge is 2.36. The van der Waals surface area contributed by atoms with E-state index in [-0.39, 0.29) is 0 Å². The molecule has 0 radical (unpaired) electrons. The minimum absolute atomic E-state index is 0.607. The minimum atomic E-state index is 0.607. The van der Waals surface area contributed by atoms with Crippen LogP contribution < -0.4 is 5.32 Å². The Kier molecular flexibility index (Phi) is 7.01. The van der Waals surface area contributed by atoms with Crippen molar-refractivity contribution in [1.29, 1.82) is 0 Å². The third-order valence-corrected chi connectivity index (χ3v) is 7.58. The van der Waals surface area contributed by atoms with Gasteiger partial charge in [0.2, 0.25) is 0 Å². The first-order valence-electron chi connectivity index (χ1n) is 12.4. The molecule has 0 bridgehead atoms. The van der Waals surface area contributed by atoms with Crippen molar-refractivity contribution in [1.82, 2.24) is 10.2 Å². The molecule has 2 heterocycles. The van der Waals surface area contributed by atoms with Gasteiger partial charge in [0.15, 0.2) is 0 Å². The van der Waals surface area contributed by atoms with Crippen LogP contribution >= 0.6 is 0 Å². The van der Waals surface area contributed by atoms with Crippen molar-refractivity contribution in [3.05, 3.63) is 108 Å². The van der Waals surface area contributed by atoms with Crippen molar-refractivity contribution in [3.8, 4) is 0 Å². The molecule has 0 aromatic heterocycles. The Morgan fingerprint density at radius 3 is 2.12 bits per heavy atom. The summed E-state index contributed by atoms with van der Waals surface area (Å²) in [6.45, 7) is 4.58. The summed E-state index contributed by atoms with van der Waals surface area (Å²) >= 11 is 0. The van der Waals surface area contributed by atoms with Crippen molar-refractivity contribution in [2.24, 2.45) is 5.92 Å². The lowest BCUT2D eigenvalue weighted by Crippen LogP contribution is -2.33. The minimum Gasteiger partial charge on any atom is -0.314 e. The maximum Gasteiger partial charge on any atom is 0.0234 e. The van der Waals surface area contributed by atoms with E-state index >= 15 is 0 Å². The molecule has 2 heteroatoms. The molecule has 2 nitrogen and oxygen atoms in total. The summed E-state index contributed by atoms with van der Waals surface area (Å²) in [6, 6.07) is 34.0. The molecule has 3 aromatic carbocycles. The molecule has 32 heavy (non-hydrogen) atoms. The number of rotatable bonds is 6. The predicted molar refractivity (Wildman–Crippen MR) is 134 cm³/mol. The van der Waals surface area contributed by atoms with E-state index in [0.717, 1.165) is 13.1 Å². The van der Waals surface area contributed by atoms with Crippen molar-refractivity contribution in [3.63, 3.8) is 0 Å². The van der Waals surface area contributed by atoms with E-state index in [0.29, 0.717) is 23.8 Å².